The fraction of sp³-hybridized carbons (Fsp3) is 0. The van der Waals surface area contributed by atoms with E-state index in [1.165, 1.54) is 18.2 Å². The van der Waals surface area contributed by atoms with E-state index in [1.54, 1.807) is 12.1 Å². The molecular formula is C19H11F2N. The first-order chi connectivity index (χ1) is 10.7. The topological polar surface area (TPSA) is 23.8 Å². The lowest BCUT2D eigenvalue weighted by molar-refractivity contribution is 0.616. The molecule has 22 heavy (non-hydrogen) atoms. The molecule has 0 aliphatic rings. The Morgan fingerprint density at radius 3 is 1.91 bits per heavy atom. The molecule has 3 aromatic carbocycles. The quantitative estimate of drug-likeness (QED) is 0.639. The molecule has 3 heteroatoms. The number of rotatable bonds is 2. The maximum atomic E-state index is 14.4. The van der Waals surface area contributed by atoms with Crippen LogP contribution in [-0.2, 0) is 0 Å². The van der Waals surface area contributed by atoms with Crippen molar-refractivity contribution in [2.75, 3.05) is 0 Å². The third-order valence-electron chi connectivity index (χ3n) is 3.46. The van der Waals surface area contributed by atoms with Gasteiger partial charge in [-0.05, 0) is 29.3 Å². The highest BCUT2D eigenvalue weighted by Gasteiger charge is 2.12. The molecule has 0 heterocycles. The Bertz CT molecular complexity index is 864. The van der Waals surface area contributed by atoms with Gasteiger partial charge in [0.2, 0.25) is 0 Å². The summed E-state index contributed by atoms with van der Waals surface area (Å²) >= 11 is 0. The minimum atomic E-state index is -0.606. The Morgan fingerprint density at radius 1 is 0.682 bits per heavy atom. The van der Waals surface area contributed by atoms with Crippen molar-refractivity contribution in [2.45, 2.75) is 0 Å². The van der Waals surface area contributed by atoms with Crippen molar-refractivity contribution >= 4 is 0 Å². The highest BCUT2D eigenvalue weighted by atomic mass is 19.1. The highest BCUT2D eigenvalue weighted by molar-refractivity contribution is 5.71. The van der Waals surface area contributed by atoms with Crippen LogP contribution in [0.3, 0.4) is 0 Å². The van der Waals surface area contributed by atoms with E-state index in [1.807, 2.05) is 36.4 Å². The lowest BCUT2D eigenvalue weighted by Crippen LogP contribution is -1.91. The van der Waals surface area contributed by atoms with Gasteiger partial charge in [-0.2, -0.15) is 5.26 Å². The average Bonchev–Trinajstić information content (AvgIpc) is 2.56. The molecule has 106 valence electrons. The number of nitriles is 1. The molecule has 0 spiro atoms. The lowest BCUT2D eigenvalue weighted by Gasteiger charge is -2.08. The molecule has 0 bridgehead atoms. The zero-order valence-corrected chi connectivity index (χ0v) is 11.6. The monoisotopic (exact) mass is 291 g/mol. The second-order valence-electron chi connectivity index (χ2n) is 4.87. The number of hydrogen-bond acceptors (Lipinski definition) is 1. The third kappa shape index (κ3) is 2.59. The Morgan fingerprint density at radius 2 is 1.32 bits per heavy atom. The standard InChI is InChI=1S/C19H11F2N/c20-18-10-13(12-22)6-8-16(18)17-9-7-15(11-19(17)21)14-4-2-1-3-5-14/h1-11H. The molecule has 1 nitrogen and oxygen atoms in total. The number of hydrogen-bond donors (Lipinski definition) is 0. The van der Waals surface area contributed by atoms with Crippen molar-refractivity contribution < 1.29 is 8.78 Å². The van der Waals surface area contributed by atoms with E-state index in [9.17, 15) is 8.78 Å². The second kappa shape index (κ2) is 5.79. The van der Waals surface area contributed by atoms with Crippen LogP contribution in [0.5, 0.6) is 0 Å². The van der Waals surface area contributed by atoms with E-state index in [4.69, 9.17) is 5.26 Å². The first-order valence-corrected chi connectivity index (χ1v) is 6.74. The maximum absolute atomic E-state index is 14.4. The summed E-state index contributed by atoms with van der Waals surface area (Å²) in [4.78, 5) is 0. The van der Waals surface area contributed by atoms with Gasteiger partial charge >= 0.3 is 0 Å². The van der Waals surface area contributed by atoms with Crippen LogP contribution in [0.1, 0.15) is 5.56 Å². The zero-order valence-electron chi connectivity index (χ0n) is 11.6. The van der Waals surface area contributed by atoms with Crippen molar-refractivity contribution in [1.29, 1.82) is 5.26 Å². The molecule has 0 aliphatic heterocycles. The van der Waals surface area contributed by atoms with Crippen molar-refractivity contribution in [3.05, 3.63) is 83.9 Å². The van der Waals surface area contributed by atoms with Crippen LogP contribution in [0, 0.1) is 23.0 Å². The average molecular weight is 291 g/mol. The largest absolute Gasteiger partial charge is 0.206 e. The molecule has 3 rings (SSSR count). The summed E-state index contributed by atoms with van der Waals surface area (Å²) in [7, 11) is 0. The SMILES string of the molecule is N#Cc1ccc(-c2ccc(-c3ccccc3)cc2F)c(F)c1. The molecule has 0 atom stereocenters. The highest BCUT2D eigenvalue weighted by Crippen LogP contribution is 2.29. The van der Waals surface area contributed by atoms with Gasteiger partial charge in [0.25, 0.3) is 0 Å². The van der Waals surface area contributed by atoms with Crippen LogP contribution in [0.2, 0.25) is 0 Å². The van der Waals surface area contributed by atoms with E-state index < -0.39 is 11.6 Å². The van der Waals surface area contributed by atoms with Gasteiger partial charge in [0, 0.05) is 11.1 Å². The summed E-state index contributed by atoms with van der Waals surface area (Å²) in [6.45, 7) is 0. The Kier molecular flexibility index (Phi) is 3.67. The van der Waals surface area contributed by atoms with Crippen molar-refractivity contribution in [2.24, 2.45) is 0 Å². The summed E-state index contributed by atoms with van der Waals surface area (Å²) in [5.41, 5.74) is 2.17. The van der Waals surface area contributed by atoms with Gasteiger partial charge in [-0.3, -0.25) is 0 Å². The molecule has 3 aromatic rings. The van der Waals surface area contributed by atoms with E-state index in [0.717, 1.165) is 17.2 Å². The first-order valence-electron chi connectivity index (χ1n) is 6.74. The van der Waals surface area contributed by atoms with E-state index in [0.29, 0.717) is 0 Å². The third-order valence-corrected chi connectivity index (χ3v) is 3.46. The van der Waals surface area contributed by atoms with Crippen molar-refractivity contribution in [1.82, 2.24) is 0 Å². The summed E-state index contributed by atoms with van der Waals surface area (Å²) in [6, 6.07) is 20.0. The minimum absolute atomic E-state index is 0.149. The van der Waals surface area contributed by atoms with Gasteiger partial charge in [-0.15, -0.1) is 0 Å². The van der Waals surface area contributed by atoms with Gasteiger partial charge in [-0.1, -0.05) is 48.5 Å². The van der Waals surface area contributed by atoms with Crippen LogP contribution in [0.15, 0.2) is 66.7 Å². The predicted molar refractivity (Wildman–Crippen MR) is 81.9 cm³/mol. The Labute approximate surface area is 127 Å². The maximum Gasteiger partial charge on any atom is 0.132 e. The van der Waals surface area contributed by atoms with Crippen LogP contribution >= 0.6 is 0 Å². The molecule has 0 radical (unpaired) electrons. The molecule has 0 fully saturated rings. The first kappa shape index (κ1) is 14.0. The van der Waals surface area contributed by atoms with Crippen molar-refractivity contribution in [3.63, 3.8) is 0 Å². The molecule has 0 amide bonds. The predicted octanol–water partition coefficient (Wildman–Crippen LogP) is 5.17. The molecular weight excluding hydrogens is 280 g/mol. The normalized spacial score (nSPS) is 10.2. The van der Waals surface area contributed by atoms with E-state index >= 15 is 0 Å². The molecule has 0 aliphatic carbocycles. The van der Waals surface area contributed by atoms with Crippen molar-refractivity contribution in [3.8, 4) is 28.3 Å². The molecule has 0 N–H and O–H groups in total. The summed E-state index contributed by atoms with van der Waals surface area (Å²) in [6.07, 6.45) is 0. The van der Waals surface area contributed by atoms with Gasteiger partial charge in [0.05, 0.1) is 11.6 Å². The fourth-order valence-electron chi connectivity index (χ4n) is 2.35. The second-order valence-corrected chi connectivity index (χ2v) is 4.87. The number of halogens is 2. The lowest BCUT2D eigenvalue weighted by atomic mass is 9.98. The van der Waals surface area contributed by atoms with Crippen LogP contribution in [-0.4, -0.2) is 0 Å². The van der Waals surface area contributed by atoms with Crippen LogP contribution in [0.25, 0.3) is 22.3 Å². The molecule has 0 unspecified atom stereocenters. The molecule has 0 saturated heterocycles. The number of benzene rings is 3. The summed E-state index contributed by atoms with van der Waals surface area (Å²) < 4.78 is 28.4. The molecule has 0 aromatic heterocycles. The van der Waals surface area contributed by atoms with Gasteiger partial charge < -0.3 is 0 Å². The minimum Gasteiger partial charge on any atom is -0.206 e. The zero-order chi connectivity index (χ0) is 15.5. The smallest absolute Gasteiger partial charge is 0.132 e. The van der Waals surface area contributed by atoms with Crippen LogP contribution in [0.4, 0.5) is 8.78 Å². The number of nitrogens with zero attached hydrogens (tertiary/aromatic N) is 1. The van der Waals surface area contributed by atoms with E-state index in [-0.39, 0.29) is 16.7 Å². The Hall–Kier alpha value is -2.99. The fourth-order valence-corrected chi connectivity index (χ4v) is 2.35. The molecule has 0 saturated carbocycles. The van der Waals surface area contributed by atoms with Gasteiger partial charge in [0.1, 0.15) is 11.6 Å². The van der Waals surface area contributed by atoms with Crippen LogP contribution < -0.4 is 0 Å². The van der Waals surface area contributed by atoms with Gasteiger partial charge in [0.15, 0.2) is 0 Å². The van der Waals surface area contributed by atoms with Gasteiger partial charge in [-0.25, -0.2) is 8.78 Å². The summed E-state index contributed by atoms with van der Waals surface area (Å²) in [5.74, 6) is -1.10. The summed E-state index contributed by atoms with van der Waals surface area (Å²) in [5, 5.41) is 8.75. The van der Waals surface area contributed by atoms with E-state index in [2.05, 4.69) is 0 Å². The Balaban J connectivity index is 2.05.